The lowest BCUT2D eigenvalue weighted by atomic mass is 9.97. The predicted molar refractivity (Wildman–Crippen MR) is 98.8 cm³/mol. The Bertz CT molecular complexity index is 641. The third-order valence-corrected chi connectivity index (χ3v) is 4.73. The number of hydrogen-bond donors (Lipinski definition) is 1. The highest BCUT2D eigenvalue weighted by atomic mass is 16.5. The van der Waals surface area contributed by atoms with Gasteiger partial charge in [0.05, 0.1) is 11.5 Å². The first-order chi connectivity index (χ1) is 12.5. The summed E-state index contributed by atoms with van der Waals surface area (Å²) in [6.45, 7) is 6.43. The Hall–Kier alpha value is -2.57. The van der Waals surface area contributed by atoms with Crippen molar-refractivity contribution in [3.63, 3.8) is 0 Å². The van der Waals surface area contributed by atoms with Gasteiger partial charge >= 0.3 is 5.97 Å². The van der Waals surface area contributed by atoms with E-state index in [0.717, 1.165) is 25.2 Å². The number of esters is 1. The van der Waals surface area contributed by atoms with Crippen LogP contribution < -0.4 is 10.6 Å². The minimum atomic E-state index is -0.534. The van der Waals surface area contributed by atoms with E-state index in [1.807, 2.05) is 12.1 Å². The zero-order valence-corrected chi connectivity index (χ0v) is 15.4. The fourth-order valence-electron chi connectivity index (χ4n) is 3.13. The normalized spacial score (nSPS) is 16.8. The molecule has 0 aliphatic carbocycles. The minimum Gasteiger partial charge on any atom is -0.452 e. The fraction of sp³-hybridized carbons (Fsp3) is 0.526. The topological polar surface area (TPSA) is 92.9 Å². The van der Waals surface area contributed by atoms with Gasteiger partial charge in [-0.05, 0) is 51.0 Å². The van der Waals surface area contributed by atoms with Crippen molar-refractivity contribution in [3.8, 4) is 0 Å². The van der Waals surface area contributed by atoms with E-state index in [2.05, 4.69) is 18.7 Å². The van der Waals surface area contributed by atoms with Gasteiger partial charge in [-0.25, -0.2) is 4.79 Å². The molecule has 1 aliphatic heterocycles. The third kappa shape index (κ3) is 4.97. The van der Waals surface area contributed by atoms with Crippen LogP contribution in [0.25, 0.3) is 0 Å². The summed E-state index contributed by atoms with van der Waals surface area (Å²) >= 11 is 0. The van der Waals surface area contributed by atoms with Crippen LogP contribution in [0.1, 0.15) is 37.0 Å². The van der Waals surface area contributed by atoms with E-state index in [9.17, 15) is 14.4 Å². The number of nitrogens with two attached hydrogens (primary N) is 1. The monoisotopic (exact) mass is 361 g/mol. The highest BCUT2D eigenvalue weighted by molar-refractivity contribution is 5.91. The molecular weight excluding hydrogens is 334 g/mol. The number of benzene rings is 1. The molecule has 1 heterocycles. The van der Waals surface area contributed by atoms with Crippen molar-refractivity contribution in [3.05, 3.63) is 29.8 Å². The molecule has 0 bridgehead atoms. The number of primary amides is 1. The summed E-state index contributed by atoms with van der Waals surface area (Å²) < 4.78 is 5.13. The number of rotatable bonds is 7. The van der Waals surface area contributed by atoms with Crippen LogP contribution >= 0.6 is 0 Å². The number of likely N-dealkylation sites (tertiary alicyclic amines) is 1. The van der Waals surface area contributed by atoms with Crippen LogP contribution in [-0.4, -0.2) is 55.5 Å². The average Bonchev–Trinajstić information content (AvgIpc) is 2.67. The Morgan fingerprint density at radius 3 is 2.42 bits per heavy atom. The SMILES string of the molecule is CCN(CC)c1ccc(C(=O)OCC(=O)N2CCC[C@H](C(N)=O)C2)cc1. The summed E-state index contributed by atoms with van der Waals surface area (Å²) in [5.41, 5.74) is 6.76. The Kier molecular flexibility index (Phi) is 7.00. The highest BCUT2D eigenvalue weighted by Gasteiger charge is 2.27. The van der Waals surface area contributed by atoms with Crippen LogP contribution in [0.5, 0.6) is 0 Å². The van der Waals surface area contributed by atoms with Gasteiger partial charge in [0.15, 0.2) is 6.61 Å². The van der Waals surface area contributed by atoms with Crippen molar-refractivity contribution >= 4 is 23.5 Å². The van der Waals surface area contributed by atoms with E-state index in [0.29, 0.717) is 25.1 Å². The van der Waals surface area contributed by atoms with Crippen LogP contribution in [0.4, 0.5) is 5.69 Å². The molecule has 7 nitrogen and oxygen atoms in total. The molecule has 2 amide bonds. The molecule has 142 valence electrons. The van der Waals surface area contributed by atoms with Crippen molar-refractivity contribution in [2.45, 2.75) is 26.7 Å². The Labute approximate surface area is 154 Å². The van der Waals surface area contributed by atoms with Crippen molar-refractivity contribution in [1.82, 2.24) is 4.90 Å². The van der Waals surface area contributed by atoms with Crippen LogP contribution in [0.3, 0.4) is 0 Å². The summed E-state index contributed by atoms with van der Waals surface area (Å²) in [4.78, 5) is 39.4. The van der Waals surface area contributed by atoms with Crippen molar-refractivity contribution in [2.75, 3.05) is 37.7 Å². The summed E-state index contributed by atoms with van der Waals surface area (Å²) in [7, 11) is 0. The van der Waals surface area contributed by atoms with Gasteiger partial charge < -0.3 is 20.3 Å². The molecule has 2 N–H and O–H groups in total. The van der Waals surface area contributed by atoms with Crippen molar-refractivity contribution in [2.24, 2.45) is 11.7 Å². The second-order valence-electron chi connectivity index (χ2n) is 6.38. The maximum absolute atomic E-state index is 12.2. The highest BCUT2D eigenvalue weighted by Crippen LogP contribution is 2.17. The van der Waals surface area contributed by atoms with Crippen molar-refractivity contribution in [1.29, 1.82) is 0 Å². The number of ether oxygens (including phenoxy) is 1. The van der Waals surface area contributed by atoms with Gasteiger partial charge in [-0.2, -0.15) is 0 Å². The molecule has 0 unspecified atom stereocenters. The van der Waals surface area contributed by atoms with E-state index in [-0.39, 0.29) is 18.4 Å². The third-order valence-electron chi connectivity index (χ3n) is 4.73. The number of piperidine rings is 1. The first-order valence-corrected chi connectivity index (χ1v) is 9.05. The summed E-state index contributed by atoms with van der Waals surface area (Å²) in [6, 6.07) is 7.13. The van der Waals surface area contributed by atoms with Gasteiger partial charge in [0.1, 0.15) is 0 Å². The van der Waals surface area contributed by atoms with Crippen LogP contribution in [0.15, 0.2) is 24.3 Å². The minimum absolute atomic E-state index is 0.296. The molecular formula is C19H27N3O4. The standard InChI is InChI=1S/C19H27N3O4/c1-3-21(4-2)16-9-7-14(8-10-16)19(25)26-13-17(23)22-11-5-6-15(12-22)18(20)24/h7-10,15H,3-6,11-13H2,1-2H3,(H2,20,24)/t15-/m0/s1. The summed E-state index contributed by atoms with van der Waals surface area (Å²) in [5.74, 6) is -1.55. The first kappa shape index (κ1) is 19.8. The lowest BCUT2D eigenvalue weighted by Gasteiger charge is -2.31. The molecule has 7 heteroatoms. The quantitative estimate of drug-likeness (QED) is 0.741. The molecule has 26 heavy (non-hydrogen) atoms. The molecule has 1 aromatic rings. The van der Waals surface area contributed by atoms with Gasteiger partial charge in [0.2, 0.25) is 5.91 Å². The van der Waals surface area contributed by atoms with E-state index >= 15 is 0 Å². The number of nitrogens with zero attached hydrogens (tertiary/aromatic N) is 2. The molecule has 1 atom stereocenters. The van der Waals surface area contributed by atoms with Crippen molar-refractivity contribution < 1.29 is 19.1 Å². The second kappa shape index (κ2) is 9.22. The molecule has 0 radical (unpaired) electrons. The lowest BCUT2D eigenvalue weighted by molar-refractivity contribution is -0.137. The molecule has 1 aliphatic rings. The summed E-state index contributed by atoms with van der Waals surface area (Å²) in [6.07, 6.45) is 1.41. The number of carbonyl (C=O) groups excluding carboxylic acids is 3. The van der Waals surface area contributed by atoms with Crippen LogP contribution in [0.2, 0.25) is 0 Å². The molecule has 1 aromatic carbocycles. The molecule has 0 aromatic heterocycles. The van der Waals surface area contributed by atoms with E-state index in [4.69, 9.17) is 10.5 Å². The van der Waals surface area contributed by atoms with Crippen LogP contribution in [-0.2, 0) is 14.3 Å². The average molecular weight is 361 g/mol. The van der Waals surface area contributed by atoms with Gasteiger partial charge in [-0.15, -0.1) is 0 Å². The van der Waals surface area contributed by atoms with E-state index in [1.165, 1.54) is 4.90 Å². The molecule has 0 saturated carbocycles. The number of hydrogen-bond acceptors (Lipinski definition) is 5. The molecule has 1 saturated heterocycles. The smallest absolute Gasteiger partial charge is 0.338 e. The zero-order valence-electron chi connectivity index (χ0n) is 15.4. The maximum Gasteiger partial charge on any atom is 0.338 e. The van der Waals surface area contributed by atoms with Crippen LogP contribution in [0, 0.1) is 5.92 Å². The molecule has 1 fully saturated rings. The predicted octanol–water partition coefficient (Wildman–Crippen LogP) is 1.41. The van der Waals surface area contributed by atoms with Gasteiger partial charge in [-0.1, -0.05) is 0 Å². The lowest BCUT2D eigenvalue weighted by Crippen LogP contribution is -2.45. The Morgan fingerprint density at radius 2 is 1.85 bits per heavy atom. The number of amides is 2. The largest absolute Gasteiger partial charge is 0.452 e. The van der Waals surface area contributed by atoms with Gasteiger partial charge in [-0.3, -0.25) is 9.59 Å². The maximum atomic E-state index is 12.2. The van der Waals surface area contributed by atoms with Gasteiger partial charge in [0, 0.05) is 31.9 Å². The zero-order chi connectivity index (χ0) is 19.1. The first-order valence-electron chi connectivity index (χ1n) is 9.05. The van der Waals surface area contributed by atoms with E-state index < -0.39 is 11.9 Å². The Morgan fingerprint density at radius 1 is 1.19 bits per heavy atom. The number of carbonyl (C=O) groups is 3. The second-order valence-corrected chi connectivity index (χ2v) is 6.38. The Balaban J connectivity index is 1.87. The van der Waals surface area contributed by atoms with Gasteiger partial charge in [0.25, 0.3) is 5.91 Å². The fourth-order valence-corrected chi connectivity index (χ4v) is 3.13. The molecule has 0 spiro atoms. The number of anilines is 1. The van der Waals surface area contributed by atoms with E-state index in [1.54, 1.807) is 12.1 Å². The summed E-state index contributed by atoms with van der Waals surface area (Å²) in [5, 5.41) is 0. The molecule has 2 rings (SSSR count).